The van der Waals surface area contributed by atoms with Crippen molar-refractivity contribution in [2.24, 2.45) is 0 Å². The first-order valence-electron chi connectivity index (χ1n) is 5.56. The number of aryl methyl sites for hydroxylation is 1. The Labute approximate surface area is 86.7 Å². The third kappa shape index (κ3) is 1.52. The monoisotopic (exact) mass is 189 g/mol. The summed E-state index contributed by atoms with van der Waals surface area (Å²) in [5.41, 5.74) is 2.96. The molecule has 0 N–H and O–H groups in total. The van der Waals surface area contributed by atoms with Crippen LogP contribution in [0.5, 0.6) is 0 Å². The van der Waals surface area contributed by atoms with Gasteiger partial charge in [0.25, 0.3) is 0 Å². The first kappa shape index (κ1) is 9.57. The second kappa shape index (κ2) is 3.64. The Morgan fingerprint density at radius 3 is 2.71 bits per heavy atom. The standard InChI is InChI=1S/C13H19N/c1-10(2)14-11(3)8-9-12-6-4-5-7-13(12)14/h4-7,10-11H,8-9H2,1-3H3. The van der Waals surface area contributed by atoms with Crippen molar-refractivity contribution in [3.05, 3.63) is 29.8 Å². The van der Waals surface area contributed by atoms with Crippen LogP contribution in [0, 0.1) is 0 Å². The minimum atomic E-state index is 0.603. The summed E-state index contributed by atoms with van der Waals surface area (Å²) in [4.78, 5) is 2.54. The third-order valence-electron chi connectivity index (χ3n) is 3.13. The fourth-order valence-corrected chi connectivity index (χ4v) is 2.50. The summed E-state index contributed by atoms with van der Waals surface area (Å²) in [6.07, 6.45) is 2.52. The number of hydrogen-bond acceptors (Lipinski definition) is 1. The lowest BCUT2D eigenvalue weighted by Gasteiger charge is -2.40. The number of hydrogen-bond donors (Lipinski definition) is 0. The van der Waals surface area contributed by atoms with Crippen LogP contribution in [0.25, 0.3) is 0 Å². The van der Waals surface area contributed by atoms with Crippen LogP contribution in [0.1, 0.15) is 32.8 Å². The van der Waals surface area contributed by atoms with Crippen LogP contribution in [0.15, 0.2) is 24.3 Å². The van der Waals surface area contributed by atoms with Crippen molar-refractivity contribution < 1.29 is 0 Å². The number of para-hydroxylation sites is 1. The van der Waals surface area contributed by atoms with Crippen molar-refractivity contribution in [2.45, 2.75) is 45.7 Å². The maximum absolute atomic E-state index is 2.54. The van der Waals surface area contributed by atoms with Gasteiger partial charge in [0.1, 0.15) is 0 Å². The summed E-state index contributed by atoms with van der Waals surface area (Å²) in [6.45, 7) is 6.88. The van der Waals surface area contributed by atoms with Crippen LogP contribution in [0.3, 0.4) is 0 Å². The lowest BCUT2D eigenvalue weighted by atomic mass is 9.95. The SMILES string of the molecule is CC(C)N1c2ccccc2CCC1C. The first-order valence-corrected chi connectivity index (χ1v) is 5.56. The van der Waals surface area contributed by atoms with Crippen LogP contribution in [0.2, 0.25) is 0 Å². The lowest BCUT2D eigenvalue weighted by Crippen LogP contribution is -2.42. The van der Waals surface area contributed by atoms with Crippen molar-refractivity contribution in [1.29, 1.82) is 0 Å². The predicted molar refractivity (Wildman–Crippen MR) is 61.8 cm³/mol. The van der Waals surface area contributed by atoms with Crippen molar-refractivity contribution >= 4 is 5.69 Å². The third-order valence-corrected chi connectivity index (χ3v) is 3.13. The highest BCUT2D eigenvalue weighted by molar-refractivity contribution is 5.56. The lowest BCUT2D eigenvalue weighted by molar-refractivity contribution is 0.520. The average Bonchev–Trinajstić information content (AvgIpc) is 2.17. The van der Waals surface area contributed by atoms with Crippen LogP contribution in [-0.4, -0.2) is 12.1 Å². The van der Waals surface area contributed by atoms with Gasteiger partial charge in [0.05, 0.1) is 0 Å². The molecule has 1 heterocycles. The summed E-state index contributed by atoms with van der Waals surface area (Å²) in [7, 11) is 0. The van der Waals surface area contributed by atoms with E-state index in [2.05, 4.69) is 49.9 Å². The maximum atomic E-state index is 2.54. The van der Waals surface area contributed by atoms with Gasteiger partial charge in [-0.1, -0.05) is 18.2 Å². The molecule has 1 heteroatoms. The topological polar surface area (TPSA) is 3.24 Å². The number of fused-ring (bicyclic) bond motifs is 1. The minimum Gasteiger partial charge on any atom is -0.366 e. The normalized spacial score (nSPS) is 21.1. The smallest absolute Gasteiger partial charge is 0.0403 e. The molecule has 0 fully saturated rings. The molecule has 0 saturated carbocycles. The van der Waals surface area contributed by atoms with Gasteiger partial charge in [-0.05, 0) is 45.2 Å². The van der Waals surface area contributed by atoms with Gasteiger partial charge in [0, 0.05) is 17.8 Å². The van der Waals surface area contributed by atoms with E-state index in [1.165, 1.54) is 24.1 Å². The Morgan fingerprint density at radius 2 is 2.00 bits per heavy atom. The van der Waals surface area contributed by atoms with Gasteiger partial charge < -0.3 is 4.90 Å². The molecule has 1 aromatic carbocycles. The molecule has 1 aliphatic heterocycles. The average molecular weight is 189 g/mol. The fourth-order valence-electron chi connectivity index (χ4n) is 2.50. The molecule has 1 nitrogen and oxygen atoms in total. The number of nitrogens with zero attached hydrogens (tertiary/aromatic N) is 1. The van der Waals surface area contributed by atoms with Gasteiger partial charge in [-0.3, -0.25) is 0 Å². The highest BCUT2D eigenvalue weighted by Crippen LogP contribution is 2.31. The van der Waals surface area contributed by atoms with E-state index in [1.54, 1.807) is 0 Å². The molecule has 1 atom stereocenters. The summed E-state index contributed by atoms with van der Waals surface area (Å²) >= 11 is 0. The maximum Gasteiger partial charge on any atom is 0.0403 e. The molecule has 76 valence electrons. The summed E-state index contributed by atoms with van der Waals surface area (Å²) in [5, 5.41) is 0. The van der Waals surface area contributed by atoms with Gasteiger partial charge in [-0.2, -0.15) is 0 Å². The second-order valence-electron chi connectivity index (χ2n) is 4.52. The van der Waals surface area contributed by atoms with Gasteiger partial charge >= 0.3 is 0 Å². The van der Waals surface area contributed by atoms with E-state index in [9.17, 15) is 0 Å². The second-order valence-corrected chi connectivity index (χ2v) is 4.52. The van der Waals surface area contributed by atoms with Crippen LogP contribution in [0.4, 0.5) is 5.69 Å². The zero-order valence-corrected chi connectivity index (χ0v) is 9.33. The summed E-state index contributed by atoms with van der Waals surface area (Å²) in [5.74, 6) is 0. The molecule has 0 aromatic heterocycles. The van der Waals surface area contributed by atoms with Gasteiger partial charge in [-0.25, -0.2) is 0 Å². The molecule has 0 spiro atoms. The molecule has 0 aliphatic carbocycles. The van der Waals surface area contributed by atoms with E-state index in [0.29, 0.717) is 12.1 Å². The quantitative estimate of drug-likeness (QED) is 0.655. The van der Waals surface area contributed by atoms with Crippen LogP contribution in [-0.2, 0) is 6.42 Å². The predicted octanol–water partition coefficient (Wildman–Crippen LogP) is 3.24. The molecule has 14 heavy (non-hydrogen) atoms. The van der Waals surface area contributed by atoms with Crippen LogP contribution < -0.4 is 4.90 Å². The Balaban J connectivity index is 2.41. The van der Waals surface area contributed by atoms with Crippen molar-refractivity contribution in [3.8, 4) is 0 Å². The zero-order chi connectivity index (χ0) is 10.1. The van der Waals surface area contributed by atoms with Gasteiger partial charge in [0.2, 0.25) is 0 Å². The molecular formula is C13H19N. The minimum absolute atomic E-state index is 0.603. The Morgan fingerprint density at radius 1 is 1.29 bits per heavy atom. The van der Waals surface area contributed by atoms with E-state index in [4.69, 9.17) is 0 Å². The summed E-state index contributed by atoms with van der Waals surface area (Å²) in [6, 6.07) is 10.1. The molecule has 0 saturated heterocycles. The Hall–Kier alpha value is -0.980. The zero-order valence-electron chi connectivity index (χ0n) is 9.33. The number of benzene rings is 1. The Kier molecular flexibility index (Phi) is 2.49. The molecule has 1 unspecified atom stereocenters. The highest BCUT2D eigenvalue weighted by Gasteiger charge is 2.24. The number of rotatable bonds is 1. The van der Waals surface area contributed by atoms with E-state index in [0.717, 1.165) is 0 Å². The van der Waals surface area contributed by atoms with E-state index < -0.39 is 0 Å². The van der Waals surface area contributed by atoms with Crippen molar-refractivity contribution in [1.82, 2.24) is 0 Å². The van der Waals surface area contributed by atoms with Crippen molar-refractivity contribution in [2.75, 3.05) is 4.90 Å². The molecule has 2 rings (SSSR count). The molecule has 1 aromatic rings. The van der Waals surface area contributed by atoms with Gasteiger partial charge in [0.15, 0.2) is 0 Å². The molecule has 0 radical (unpaired) electrons. The van der Waals surface area contributed by atoms with E-state index in [-0.39, 0.29) is 0 Å². The van der Waals surface area contributed by atoms with Gasteiger partial charge in [-0.15, -0.1) is 0 Å². The molecule has 0 amide bonds. The first-order chi connectivity index (χ1) is 6.70. The number of anilines is 1. The van der Waals surface area contributed by atoms with Crippen LogP contribution >= 0.6 is 0 Å². The largest absolute Gasteiger partial charge is 0.366 e. The molecule has 1 aliphatic rings. The summed E-state index contributed by atoms with van der Waals surface area (Å²) < 4.78 is 0. The molecule has 0 bridgehead atoms. The Bertz CT molecular complexity index is 317. The fraction of sp³-hybridized carbons (Fsp3) is 0.538. The highest BCUT2D eigenvalue weighted by atomic mass is 15.2. The van der Waals surface area contributed by atoms with E-state index >= 15 is 0 Å². The van der Waals surface area contributed by atoms with Crippen molar-refractivity contribution in [3.63, 3.8) is 0 Å². The molecular weight excluding hydrogens is 170 g/mol. The van der Waals surface area contributed by atoms with E-state index in [1.807, 2.05) is 0 Å².